The number of aromatic nitrogens is 1. The van der Waals surface area contributed by atoms with E-state index >= 15 is 0 Å². The van der Waals surface area contributed by atoms with Crippen LogP contribution in [0.3, 0.4) is 0 Å². The predicted molar refractivity (Wildman–Crippen MR) is 97.2 cm³/mol. The first kappa shape index (κ1) is 17.0. The number of hydrogen-bond donors (Lipinski definition) is 0. The van der Waals surface area contributed by atoms with Crippen molar-refractivity contribution in [3.05, 3.63) is 70.7 Å². The van der Waals surface area contributed by atoms with Crippen molar-refractivity contribution in [3.63, 3.8) is 0 Å². The van der Waals surface area contributed by atoms with Gasteiger partial charge >= 0.3 is 5.76 Å². The summed E-state index contributed by atoms with van der Waals surface area (Å²) in [6.45, 7) is 3.67. The SMILES string of the molecule is CCCN(Cc1ccccc1)C(=O)CCn1c(=O)oc2ccccc21. The van der Waals surface area contributed by atoms with Gasteiger partial charge in [0.15, 0.2) is 5.58 Å². The number of benzene rings is 2. The van der Waals surface area contributed by atoms with Gasteiger partial charge in [0.1, 0.15) is 0 Å². The summed E-state index contributed by atoms with van der Waals surface area (Å²) in [6.07, 6.45) is 1.17. The number of aryl methyl sites for hydroxylation is 1. The van der Waals surface area contributed by atoms with Crippen LogP contribution in [-0.4, -0.2) is 21.9 Å². The summed E-state index contributed by atoms with van der Waals surface area (Å²) in [4.78, 5) is 26.5. The lowest BCUT2D eigenvalue weighted by Gasteiger charge is -2.22. The number of carbonyl (C=O) groups is 1. The molecular weight excluding hydrogens is 316 g/mol. The highest BCUT2D eigenvalue weighted by molar-refractivity contribution is 5.77. The zero-order chi connectivity index (χ0) is 17.6. The summed E-state index contributed by atoms with van der Waals surface area (Å²) < 4.78 is 6.75. The zero-order valence-electron chi connectivity index (χ0n) is 14.4. The second-order valence-electron chi connectivity index (χ2n) is 6.04. The Morgan fingerprint density at radius 3 is 2.56 bits per heavy atom. The number of para-hydroxylation sites is 2. The number of fused-ring (bicyclic) bond motifs is 1. The van der Waals surface area contributed by atoms with Gasteiger partial charge in [-0.2, -0.15) is 0 Å². The number of carbonyl (C=O) groups excluding carboxylic acids is 1. The van der Waals surface area contributed by atoms with Gasteiger partial charge in [-0.15, -0.1) is 0 Å². The summed E-state index contributed by atoms with van der Waals surface area (Å²) >= 11 is 0. The number of amides is 1. The van der Waals surface area contributed by atoms with E-state index in [9.17, 15) is 9.59 Å². The van der Waals surface area contributed by atoms with Crippen LogP contribution in [-0.2, 0) is 17.9 Å². The van der Waals surface area contributed by atoms with Crippen LogP contribution in [0.1, 0.15) is 25.3 Å². The molecule has 0 atom stereocenters. The first-order chi connectivity index (χ1) is 12.2. The molecule has 130 valence electrons. The Balaban J connectivity index is 1.70. The largest absolute Gasteiger partial charge is 0.419 e. The van der Waals surface area contributed by atoms with Gasteiger partial charge in [-0.1, -0.05) is 49.4 Å². The predicted octanol–water partition coefficient (Wildman–Crippen LogP) is 3.42. The van der Waals surface area contributed by atoms with E-state index in [0.29, 0.717) is 25.2 Å². The first-order valence-electron chi connectivity index (χ1n) is 8.59. The smallest absolute Gasteiger partial charge is 0.408 e. The van der Waals surface area contributed by atoms with E-state index < -0.39 is 5.76 Å². The highest BCUT2D eigenvalue weighted by Gasteiger charge is 2.15. The Labute approximate surface area is 146 Å². The van der Waals surface area contributed by atoms with Crippen LogP contribution < -0.4 is 5.76 Å². The third kappa shape index (κ3) is 3.99. The van der Waals surface area contributed by atoms with Crippen molar-refractivity contribution in [1.82, 2.24) is 9.47 Å². The molecular formula is C20H22N2O3. The van der Waals surface area contributed by atoms with Crippen LogP contribution in [0.25, 0.3) is 11.1 Å². The Kier molecular flexibility index (Phi) is 5.33. The molecule has 0 unspecified atom stereocenters. The Hall–Kier alpha value is -2.82. The van der Waals surface area contributed by atoms with Crippen molar-refractivity contribution in [1.29, 1.82) is 0 Å². The number of hydrogen-bond acceptors (Lipinski definition) is 3. The summed E-state index contributed by atoms with van der Waals surface area (Å²) in [6, 6.07) is 17.2. The molecule has 0 saturated heterocycles. The third-order valence-corrected chi connectivity index (χ3v) is 4.19. The second-order valence-corrected chi connectivity index (χ2v) is 6.04. The van der Waals surface area contributed by atoms with Gasteiger partial charge < -0.3 is 9.32 Å². The number of nitrogens with zero attached hydrogens (tertiary/aromatic N) is 2. The molecule has 0 N–H and O–H groups in total. The summed E-state index contributed by atoms with van der Waals surface area (Å²) in [5, 5.41) is 0. The topological polar surface area (TPSA) is 55.5 Å². The van der Waals surface area contributed by atoms with Gasteiger partial charge in [0, 0.05) is 26.1 Å². The monoisotopic (exact) mass is 338 g/mol. The fraction of sp³-hybridized carbons (Fsp3) is 0.300. The number of oxazole rings is 1. The average Bonchev–Trinajstić information content (AvgIpc) is 2.95. The van der Waals surface area contributed by atoms with Gasteiger partial charge in [-0.05, 0) is 24.1 Å². The second kappa shape index (κ2) is 7.83. The minimum Gasteiger partial charge on any atom is -0.408 e. The summed E-state index contributed by atoms with van der Waals surface area (Å²) in [7, 11) is 0. The van der Waals surface area contributed by atoms with Gasteiger partial charge in [0.2, 0.25) is 5.91 Å². The molecule has 3 aromatic rings. The van der Waals surface area contributed by atoms with E-state index in [2.05, 4.69) is 6.92 Å². The zero-order valence-corrected chi connectivity index (χ0v) is 14.4. The average molecular weight is 338 g/mol. The van der Waals surface area contributed by atoms with Crippen LogP contribution >= 0.6 is 0 Å². The maximum Gasteiger partial charge on any atom is 0.419 e. The molecule has 25 heavy (non-hydrogen) atoms. The molecule has 2 aromatic carbocycles. The first-order valence-corrected chi connectivity index (χ1v) is 8.59. The standard InChI is InChI=1S/C20H22N2O3/c1-2-13-21(15-16-8-4-3-5-9-16)19(23)12-14-22-17-10-6-7-11-18(17)25-20(22)24/h3-11H,2,12-15H2,1H3. The maximum absolute atomic E-state index is 12.7. The van der Waals surface area contributed by atoms with E-state index in [4.69, 9.17) is 4.42 Å². The van der Waals surface area contributed by atoms with Crippen molar-refractivity contribution in [2.75, 3.05) is 6.54 Å². The lowest BCUT2D eigenvalue weighted by molar-refractivity contribution is -0.132. The van der Waals surface area contributed by atoms with E-state index in [1.165, 1.54) is 4.57 Å². The Bertz CT molecular complexity index is 896. The normalized spacial score (nSPS) is 10.9. The molecule has 0 spiro atoms. The summed E-state index contributed by atoms with van der Waals surface area (Å²) in [5.74, 6) is -0.373. The molecule has 5 nitrogen and oxygen atoms in total. The summed E-state index contributed by atoms with van der Waals surface area (Å²) in [5.41, 5.74) is 2.38. The molecule has 0 aliphatic carbocycles. The van der Waals surface area contributed by atoms with Crippen LogP contribution in [0.15, 0.2) is 63.8 Å². The molecule has 3 rings (SSSR count). The van der Waals surface area contributed by atoms with E-state index in [-0.39, 0.29) is 12.3 Å². The van der Waals surface area contributed by atoms with Crippen LogP contribution in [0.2, 0.25) is 0 Å². The minimum atomic E-state index is -0.417. The fourth-order valence-electron chi connectivity index (χ4n) is 2.96. The molecule has 0 saturated carbocycles. The molecule has 1 heterocycles. The molecule has 5 heteroatoms. The van der Waals surface area contributed by atoms with Crippen LogP contribution in [0.4, 0.5) is 0 Å². The van der Waals surface area contributed by atoms with Gasteiger partial charge in [0.05, 0.1) is 5.52 Å². The quantitative estimate of drug-likeness (QED) is 0.663. The molecule has 0 fully saturated rings. The van der Waals surface area contributed by atoms with Crippen molar-refractivity contribution in [2.24, 2.45) is 0 Å². The van der Waals surface area contributed by atoms with Crippen molar-refractivity contribution in [3.8, 4) is 0 Å². The minimum absolute atomic E-state index is 0.0443. The molecule has 1 aromatic heterocycles. The molecule has 1 amide bonds. The lowest BCUT2D eigenvalue weighted by atomic mass is 10.2. The molecule has 0 radical (unpaired) electrons. The fourth-order valence-corrected chi connectivity index (χ4v) is 2.96. The van der Waals surface area contributed by atoms with E-state index in [1.807, 2.05) is 53.4 Å². The maximum atomic E-state index is 12.7. The molecule has 0 aliphatic rings. The number of rotatable bonds is 7. The Morgan fingerprint density at radius 1 is 1.08 bits per heavy atom. The highest BCUT2D eigenvalue weighted by Crippen LogP contribution is 2.13. The highest BCUT2D eigenvalue weighted by atomic mass is 16.4. The molecule has 0 bridgehead atoms. The van der Waals surface area contributed by atoms with Crippen molar-refractivity contribution in [2.45, 2.75) is 32.9 Å². The third-order valence-electron chi connectivity index (χ3n) is 4.19. The van der Waals surface area contributed by atoms with E-state index in [0.717, 1.165) is 17.5 Å². The van der Waals surface area contributed by atoms with E-state index in [1.54, 1.807) is 6.07 Å². The van der Waals surface area contributed by atoms with Gasteiger partial charge in [-0.25, -0.2) is 4.79 Å². The lowest BCUT2D eigenvalue weighted by Crippen LogP contribution is -2.32. The van der Waals surface area contributed by atoms with Crippen LogP contribution in [0.5, 0.6) is 0 Å². The van der Waals surface area contributed by atoms with Gasteiger partial charge in [0.25, 0.3) is 0 Å². The Morgan fingerprint density at radius 2 is 1.80 bits per heavy atom. The van der Waals surface area contributed by atoms with Crippen molar-refractivity contribution >= 4 is 17.0 Å². The molecule has 0 aliphatic heterocycles. The van der Waals surface area contributed by atoms with Crippen LogP contribution in [0, 0.1) is 0 Å². The van der Waals surface area contributed by atoms with Gasteiger partial charge in [-0.3, -0.25) is 9.36 Å². The van der Waals surface area contributed by atoms with Crippen molar-refractivity contribution < 1.29 is 9.21 Å².